The first-order valence-corrected chi connectivity index (χ1v) is 14.6. The molecule has 0 spiro atoms. The van der Waals surface area contributed by atoms with Gasteiger partial charge >= 0.3 is 0 Å². The Kier molecular flexibility index (Phi) is 15.3. The van der Waals surface area contributed by atoms with Crippen LogP contribution in [0, 0.1) is 11.3 Å². The van der Waals surface area contributed by atoms with Gasteiger partial charge in [0.25, 0.3) is 0 Å². The standard InChI is InChI=1S/C24H23N.C8H18.2C2H6/c1-3-9-19(10-4-1)20-15-17-22(18-16-20)25-24-14-8-7-13-23(24)21-11-5-2-6-12-21;1-6-8(4,5)7(2)3;2*1-2/h1-5,7,9-11,13,15-18,25H,6,8,12,14H2;7H,6H2,1-5H3;2*1-2H3. The predicted octanol–water partition coefficient (Wildman–Crippen LogP) is 11.8. The van der Waals surface area contributed by atoms with Gasteiger partial charge in [-0.05, 0) is 71.4 Å². The first-order chi connectivity index (χ1) is 17.9. The van der Waals surface area contributed by atoms with E-state index in [9.17, 15) is 0 Å². The zero-order valence-electron chi connectivity index (χ0n) is 25.2. The maximum Gasteiger partial charge on any atom is 0.0382 e. The highest BCUT2D eigenvalue weighted by Crippen LogP contribution is 2.31. The molecule has 0 fully saturated rings. The Bertz CT molecular complexity index is 998. The fourth-order valence-corrected chi connectivity index (χ4v) is 3.88. The minimum Gasteiger partial charge on any atom is -0.358 e. The fraction of sp³-hybridized carbons (Fsp3) is 0.444. The van der Waals surface area contributed by atoms with E-state index in [1.165, 1.54) is 34.4 Å². The molecule has 0 saturated heterocycles. The van der Waals surface area contributed by atoms with E-state index in [2.05, 4.69) is 125 Å². The second-order valence-corrected chi connectivity index (χ2v) is 10.1. The third-order valence-electron chi connectivity index (χ3n) is 7.29. The monoisotopic (exact) mass is 499 g/mol. The summed E-state index contributed by atoms with van der Waals surface area (Å²) in [6.45, 7) is 19.4. The number of allylic oxidation sites excluding steroid dienone is 8. The Morgan fingerprint density at radius 2 is 1.38 bits per heavy atom. The topological polar surface area (TPSA) is 12.0 Å². The van der Waals surface area contributed by atoms with Crippen molar-refractivity contribution in [3.63, 3.8) is 0 Å². The summed E-state index contributed by atoms with van der Waals surface area (Å²) in [5, 5.41) is 3.67. The largest absolute Gasteiger partial charge is 0.358 e. The molecule has 0 aromatic heterocycles. The van der Waals surface area contributed by atoms with Gasteiger partial charge in [-0.2, -0.15) is 0 Å². The van der Waals surface area contributed by atoms with Gasteiger partial charge in [0.05, 0.1) is 0 Å². The third kappa shape index (κ3) is 10.6. The summed E-state index contributed by atoms with van der Waals surface area (Å²) >= 11 is 0. The van der Waals surface area contributed by atoms with E-state index in [1.807, 2.05) is 27.7 Å². The number of hydrogen-bond donors (Lipinski definition) is 1. The van der Waals surface area contributed by atoms with Crippen LogP contribution in [0.3, 0.4) is 0 Å². The molecule has 0 bridgehead atoms. The molecule has 1 nitrogen and oxygen atoms in total. The van der Waals surface area contributed by atoms with E-state index in [-0.39, 0.29) is 0 Å². The van der Waals surface area contributed by atoms with Crippen LogP contribution in [0.5, 0.6) is 0 Å². The highest BCUT2D eigenvalue weighted by molar-refractivity contribution is 5.67. The van der Waals surface area contributed by atoms with Crippen LogP contribution in [0.2, 0.25) is 0 Å². The number of anilines is 1. The second-order valence-electron chi connectivity index (χ2n) is 10.1. The van der Waals surface area contributed by atoms with Crippen molar-refractivity contribution in [2.75, 3.05) is 5.32 Å². The first kappa shape index (κ1) is 32.2. The average Bonchev–Trinajstić information content (AvgIpc) is 2.97. The highest BCUT2D eigenvalue weighted by Gasteiger charge is 2.18. The van der Waals surface area contributed by atoms with Crippen LogP contribution in [0.15, 0.2) is 102 Å². The molecule has 0 radical (unpaired) electrons. The van der Waals surface area contributed by atoms with Crippen molar-refractivity contribution >= 4 is 5.69 Å². The van der Waals surface area contributed by atoms with Gasteiger partial charge in [-0.1, -0.05) is 142 Å². The van der Waals surface area contributed by atoms with Crippen LogP contribution in [0.1, 0.15) is 94.4 Å². The van der Waals surface area contributed by atoms with Crippen LogP contribution < -0.4 is 5.32 Å². The lowest BCUT2D eigenvalue weighted by atomic mass is 9.79. The minimum absolute atomic E-state index is 0.542. The van der Waals surface area contributed by atoms with Crippen LogP contribution >= 0.6 is 0 Å². The summed E-state index contributed by atoms with van der Waals surface area (Å²) in [5.74, 6) is 0.812. The molecule has 202 valence electrons. The lowest BCUT2D eigenvalue weighted by Gasteiger charge is -2.27. The van der Waals surface area contributed by atoms with Crippen molar-refractivity contribution in [3.05, 3.63) is 102 Å². The Hall–Kier alpha value is -2.80. The van der Waals surface area contributed by atoms with E-state index in [1.54, 1.807) is 0 Å². The SMILES string of the molecule is C1=CCCC(C2=C(Nc3ccc(-c4ccccc4)cc3)CCC=C2)=C1.CC.CC.CCC(C)(C)C(C)C. The second kappa shape index (κ2) is 17.6. The molecule has 2 aliphatic rings. The summed E-state index contributed by atoms with van der Waals surface area (Å²) in [7, 11) is 0. The fourth-order valence-electron chi connectivity index (χ4n) is 3.88. The van der Waals surface area contributed by atoms with Crippen molar-refractivity contribution in [1.29, 1.82) is 0 Å². The van der Waals surface area contributed by atoms with E-state index in [0.717, 1.165) is 37.3 Å². The Morgan fingerprint density at radius 3 is 1.89 bits per heavy atom. The van der Waals surface area contributed by atoms with Crippen LogP contribution in [-0.4, -0.2) is 0 Å². The Morgan fingerprint density at radius 1 is 0.784 bits per heavy atom. The molecule has 0 aliphatic heterocycles. The van der Waals surface area contributed by atoms with Gasteiger partial charge in [0.1, 0.15) is 0 Å². The molecule has 0 heterocycles. The van der Waals surface area contributed by atoms with Gasteiger partial charge in [-0.3, -0.25) is 0 Å². The highest BCUT2D eigenvalue weighted by atomic mass is 14.9. The van der Waals surface area contributed by atoms with Crippen molar-refractivity contribution < 1.29 is 0 Å². The molecule has 0 unspecified atom stereocenters. The Balaban J connectivity index is 0.000000487. The number of nitrogens with one attached hydrogen (secondary N) is 1. The Labute approximate surface area is 229 Å². The molecule has 0 atom stereocenters. The zero-order valence-corrected chi connectivity index (χ0v) is 25.2. The molecule has 2 aromatic rings. The summed E-state index contributed by atoms with van der Waals surface area (Å²) in [6.07, 6.45) is 17.0. The number of benzene rings is 2. The molecular weight excluding hydrogens is 446 g/mol. The van der Waals surface area contributed by atoms with Crippen molar-refractivity contribution in [2.45, 2.75) is 94.4 Å². The molecule has 1 N–H and O–H groups in total. The average molecular weight is 500 g/mol. The summed E-state index contributed by atoms with van der Waals surface area (Å²) in [5.41, 5.74) is 8.38. The lowest BCUT2D eigenvalue weighted by molar-refractivity contribution is 0.240. The van der Waals surface area contributed by atoms with E-state index in [4.69, 9.17) is 0 Å². The minimum atomic E-state index is 0.542. The normalized spacial score (nSPS) is 14.4. The van der Waals surface area contributed by atoms with Crippen molar-refractivity contribution in [1.82, 2.24) is 0 Å². The van der Waals surface area contributed by atoms with Gasteiger partial charge in [-0.15, -0.1) is 0 Å². The first-order valence-electron chi connectivity index (χ1n) is 14.6. The maximum absolute atomic E-state index is 3.67. The number of hydrogen-bond acceptors (Lipinski definition) is 1. The van der Waals surface area contributed by atoms with Crippen LogP contribution in [0.4, 0.5) is 5.69 Å². The zero-order chi connectivity index (χ0) is 27.7. The quantitative estimate of drug-likeness (QED) is 0.416. The van der Waals surface area contributed by atoms with Gasteiger partial charge in [0.15, 0.2) is 0 Å². The molecule has 2 aromatic carbocycles. The third-order valence-corrected chi connectivity index (χ3v) is 7.29. The van der Waals surface area contributed by atoms with Gasteiger partial charge in [0.2, 0.25) is 0 Å². The van der Waals surface area contributed by atoms with Crippen LogP contribution in [-0.2, 0) is 0 Å². The summed E-state index contributed by atoms with van der Waals surface area (Å²) < 4.78 is 0. The molecule has 0 saturated carbocycles. The van der Waals surface area contributed by atoms with Crippen molar-refractivity contribution in [2.24, 2.45) is 11.3 Å². The lowest BCUT2D eigenvalue weighted by Crippen LogP contribution is -2.17. The molecule has 1 heteroatoms. The smallest absolute Gasteiger partial charge is 0.0382 e. The van der Waals surface area contributed by atoms with Gasteiger partial charge in [-0.25, -0.2) is 0 Å². The van der Waals surface area contributed by atoms with Gasteiger partial charge < -0.3 is 5.32 Å². The molecule has 4 rings (SSSR count). The summed E-state index contributed by atoms with van der Waals surface area (Å²) in [4.78, 5) is 0. The molecule has 37 heavy (non-hydrogen) atoms. The molecule has 2 aliphatic carbocycles. The number of rotatable bonds is 6. The molecule has 0 amide bonds. The summed E-state index contributed by atoms with van der Waals surface area (Å²) in [6, 6.07) is 19.3. The van der Waals surface area contributed by atoms with E-state index >= 15 is 0 Å². The van der Waals surface area contributed by atoms with E-state index < -0.39 is 0 Å². The van der Waals surface area contributed by atoms with E-state index in [0.29, 0.717) is 5.41 Å². The van der Waals surface area contributed by atoms with Crippen LogP contribution in [0.25, 0.3) is 11.1 Å². The maximum atomic E-state index is 3.67. The van der Waals surface area contributed by atoms with Gasteiger partial charge in [0, 0.05) is 11.4 Å². The molecular formula is C36H53N. The van der Waals surface area contributed by atoms with Crippen molar-refractivity contribution in [3.8, 4) is 11.1 Å². The predicted molar refractivity (Wildman–Crippen MR) is 169 cm³/mol.